The molecule has 1 unspecified atom stereocenters. The van der Waals surface area contributed by atoms with E-state index in [1.807, 2.05) is 0 Å². The molecule has 0 aromatic heterocycles. The molecule has 2 aliphatic heterocycles. The van der Waals surface area contributed by atoms with Crippen molar-refractivity contribution in [2.24, 2.45) is 5.11 Å². The van der Waals surface area contributed by atoms with E-state index in [2.05, 4.69) is 10.0 Å². The quantitative estimate of drug-likeness (QED) is 0.355. The van der Waals surface area contributed by atoms with Gasteiger partial charge in [-0.3, -0.25) is 29.0 Å². The van der Waals surface area contributed by atoms with Crippen LogP contribution in [0.1, 0.15) is 33.6 Å². The van der Waals surface area contributed by atoms with Crippen LogP contribution in [0.15, 0.2) is 29.4 Å². The van der Waals surface area contributed by atoms with Crippen molar-refractivity contribution in [3.8, 4) is 0 Å². The lowest BCUT2D eigenvalue weighted by Gasteiger charge is -2.34. The van der Waals surface area contributed by atoms with Gasteiger partial charge in [0.05, 0.1) is 11.1 Å². The first kappa shape index (κ1) is 15.7. The maximum absolute atomic E-state index is 12.6. The predicted octanol–water partition coefficient (Wildman–Crippen LogP) is 1.11. The molecule has 1 atom stereocenters. The van der Waals surface area contributed by atoms with Crippen molar-refractivity contribution in [3.63, 3.8) is 0 Å². The molecule has 1 saturated heterocycles. The summed E-state index contributed by atoms with van der Waals surface area (Å²) in [5, 5.41) is 3.31. The Labute approximate surface area is 136 Å². The van der Waals surface area contributed by atoms with E-state index in [0.717, 1.165) is 9.80 Å². The molecule has 0 saturated carbocycles. The van der Waals surface area contributed by atoms with E-state index in [-0.39, 0.29) is 37.1 Å². The maximum Gasteiger partial charge on any atom is 0.262 e. The summed E-state index contributed by atoms with van der Waals surface area (Å²) in [5.41, 5.74) is 8.81. The summed E-state index contributed by atoms with van der Waals surface area (Å²) >= 11 is 0. The molecule has 0 spiro atoms. The second kappa shape index (κ2) is 6.13. The van der Waals surface area contributed by atoms with Crippen molar-refractivity contribution in [1.82, 2.24) is 9.80 Å². The number of imide groups is 2. The number of fused-ring (bicyclic) bond motifs is 1. The maximum atomic E-state index is 12.6. The third kappa shape index (κ3) is 2.40. The number of hydrogen-bond acceptors (Lipinski definition) is 5. The summed E-state index contributed by atoms with van der Waals surface area (Å²) in [5.74, 6) is -2.08. The number of likely N-dealkylation sites (tertiary alicyclic amines) is 1. The Morgan fingerprint density at radius 3 is 2.33 bits per heavy atom. The Morgan fingerprint density at radius 1 is 1.12 bits per heavy atom. The summed E-state index contributed by atoms with van der Waals surface area (Å²) in [7, 11) is 0. The van der Waals surface area contributed by atoms with E-state index >= 15 is 0 Å². The van der Waals surface area contributed by atoms with Gasteiger partial charge >= 0.3 is 0 Å². The number of amides is 4. The van der Waals surface area contributed by atoms with Gasteiger partial charge in [-0.1, -0.05) is 17.2 Å². The fourth-order valence-corrected chi connectivity index (χ4v) is 2.98. The van der Waals surface area contributed by atoms with E-state index in [9.17, 15) is 19.2 Å². The van der Waals surface area contributed by atoms with Gasteiger partial charge in [-0.25, -0.2) is 0 Å². The highest BCUT2D eigenvalue weighted by atomic mass is 16.2. The summed E-state index contributed by atoms with van der Waals surface area (Å²) in [6, 6.07) is 5.35. The topological polar surface area (TPSA) is 124 Å². The number of piperidine rings is 1. The molecule has 24 heavy (non-hydrogen) atoms. The Hall–Kier alpha value is -3.19. The molecule has 1 aromatic rings. The van der Waals surface area contributed by atoms with Crippen LogP contribution in [0.5, 0.6) is 0 Å². The van der Waals surface area contributed by atoms with Crippen molar-refractivity contribution in [2.45, 2.75) is 18.9 Å². The lowest BCUT2D eigenvalue weighted by Crippen LogP contribution is -2.56. The average molecular weight is 327 g/mol. The van der Waals surface area contributed by atoms with Gasteiger partial charge < -0.3 is 0 Å². The molecule has 3 rings (SSSR count). The largest absolute Gasteiger partial charge is 0.281 e. The molecule has 9 nitrogen and oxygen atoms in total. The summed E-state index contributed by atoms with van der Waals surface area (Å²) in [6.07, 6.45) is 0.140. The predicted molar refractivity (Wildman–Crippen MR) is 80.7 cm³/mol. The van der Waals surface area contributed by atoms with Crippen LogP contribution in [0.2, 0.25) is 0 Å². The highest BCUT2D eigenvalue weighted by Crippen LogP contribution is 2.28. The lowest BCUT2D eigenvalue weighted by atomic mass is 10.0. The first-order chi connectivity index (χ1) is 11.6. The van der Waals surface area contributed by atoms with Gasteiger partial charge in [-0.2, -0.15) is 0 Å². The molecule has 9 heteroatoms. The summed E-state index contributed by atoms with van der Waals surface area (Å²) in [6.45, 7) is -0.121. The summed E-state index contributed by atoms with van der Waals surface area (Å²) < 4.78 is 0. The Morgan fingerprint density at radius 2 is 1.75 bits per heavy atom. The number of azide groups is 1. The molecule has 4 amide bonds. The zero-order chi connectivity index (χ0) is 17.3. The van der Waals surface area contributed by atoms with E-state index in [4.69, 9.17) is 5.53 Å². The van der Waals surface area contributed by atoms with Gasteiger partial charge in [-0.05, 0) is 24.1 Å². The number of carbonyl (C=O) groups excluding carboxylic acids is 4. The van der Waals surface area contributed by atoms with Gasteiger partial charge in [0.15, 0.2) is 0 Å². The summed E-state index contributed by atoms with van der Waals surface area (Å²) in [4.78, 5) is 53.9. The van der Waals surface area contributed by atoms with Crippen molar-refractivity contribution < 1.29 is 19.2 Å². The number of nitrogens with zero attached hydrogens (tertiary/aromatic N) is 5. The van der Waals surface area contributed by atoms with Gasteiger partial charge in [0.2, 0.25) is 5.91 Å². The molecular formula is C15H13N5O4. The number of benzene rings is 1. The first-order valence-electron chi connectivity index (χ1n) is 7.38. The van der Waals surface area contributed by atoms with E-state index in [1.165, 1.54) is 12.1 Å². The van der Waals surface area contributed by atoms with Crippen molar-refractivity contribution in [3.05, 3.63) is 45.8 Å². The average Bonchev–Trinajstić information content (AvgIpc) is 2.83. The number of rotatable bonds is 4. The highest BCUT2D eigenvalue weighted by molar-refractivity contribution is 6.23. The minimum atomic E-state index is -1.01. The van der Waals surface area contributed by atoms with Crippen LogP contribution in [-0.2, 0) is 9.59 Å². The molecule has 0 aliphatic carbocycles. The van der Waals surface area contributed by atoms with Gasteiger partial charge in [0.25, 0.3) is 17.7 Å². The standard InChI is InChI=1S/C15H13N5O4/c16-18-17-7-8-19-12(21)6-5-11(15(19)24)20-13(22)9-3-1-2-4-10(9)14(20)23/h1-4,11H,5-8H2. The van der Waals surface area contributed by atoms with Crippen LogP contribution in [-0.4, -0.2) is 52.6 Å². The fraction of sp³-hybridized carbons (Fsp3) is 0.333. The molecule has 0 bridgehead atoms. The Bertz CT molecular complexity index is 764. The van der Waals surface area contributed by atoms with Crippen molar-refractivity contribution >= 4 is 23.6 Å². The van der Waals surface area contributed by atoms with E-state index in [0.29, 0.717) is 0 Å². The van der Waals surface area contributed by atoms with Crippen LogP contribution in [0.25, 0.3) is 10.4 Å². The zero-order valence-corrected chi connectivity index (χ0v) is 12.6. The van der Waals surface area contributed by atoms with Crippen LogP contribution in [0, 0.1) is 0 Å². The van der Waals surface area contributed by atoms with Gasteiger partial charge in [0.1, 0.15) is 6.04 Å². The highest BCUT2D eigenvalue weighted by Gasteiger charge is 2.46. The Kier molecular flexibility index (Phi) is 4.01. The third-order valence-corrected chi connectivity index (χ3v) is 4.11. The molecule has 122 valence electrons. The third-order valence-electron chi connectivity index (χ3n) is 4.11. The molecule has 1 aromatic carbocycles. The molecule has 1 fully saturated rings. The van der Waals surface area contributed by atoms with Crippen molar-refractivity contribution in [1.29, 1.82) is 0 Å². The minimum absolute atomic E-state index is 0.0417. The molecule has 0 N–H and O–H groups in total. The zero-order valence-electron chi connectivity index (χ0n) is 12.6. The van der Waals surface area contributed by atoms with Gasteiger partial charge in [-0.15, -0.1) is 0 Å². The number of carbonyl (C=O) groups is 4. The smallest absolute Gasteiger partial charge is 0.262 e. The second-order valence-electron chi connectivity index (χ2n) is 5.42. The normalized spacial score (nSPS) is 20.2. The molecule has 0 radical (unpaired) electrons. The first-order valence-corrected chi connectivity index (χ1v) is 7.38. The Balaban J connectivity index is 1.86. The number of hydrogen-bond donors (Lipinski definition) is 0. The molecule has 2 aliphatic rings. The minimum Gasteiger partial charge on any atom is -0.281 e. The molecule has 2 heterocycles. The lowest BCUT2D eigenvalue weighted by molar-refractivity contribution is -0.151. The SMILES string of the molecule is [N-]=[N+]=NCCN1C(=O)CCC(N2C(=O)c3ccccc3C2=O)C1=O. The van der Waals surface area contributed by atoms with E-state index < -0.39 is 29.7 Å². The second-order valence-corrected chi connectivity index (χ2v) is 5.42. The van der Waals surface area contributed by atoms with Crippen molar-refractivity contribution in [2.75, 3.05) is 13.1 Å². The fourth-order valence-electron chi connectivity index (χ4n) is 2.98. The van der Waals surface area contributed by atoms with Crippen LogP contribution >= 0.6 is 0 Å². The molecular weight excluding hydrogens is 314 g/mol. The van der Waals surface area contributed by atoms with Gasteiger partial charge in [0, 0.05) is 24.4 Å². The van der Waals surface area contributed by atoms with Crippen LogP contribution < -0.4 is 0 Å². The monoisotopic (exact) mass is 327 g/mol. The van der Waals surface area contributed by atoms with Crippen LogP contribution in [0.4, 0.5) is 0 Å². The van der Waals surface area contributed by atoms with Crippen LogP contribution in [0.3, 0.4) is 0 Å². The van der Waals surface area contributed by atoms with E-state index in [1.54, 1.807) is 12.1 Å².